The molecule has 0 unspecified atom stereocenters. The molecule has 2 heterocycles. The average Bonchev–Trinajstić information content (AvgIpc) is 2.87. The van der Waals surface area contributed by atoms with Crippen LogP contribution in [0, 0.1) is 13.8 Å². The zero-order valence-corrected chi connectivity index (χ0v) is 20.8. The lowest BCUT2D eigenvalue weighted by molar-refractivity contribution is 0.215. The maximum absolute atomic E-state index is 11.8. The molecule has 0 aliphatic carbocycles. The minimum atomic E-state index is -0.646. The molecule has 180 valence electrons. The molecule has 0 spiro atoms. The molecule has 1 aromatic heterocycles. The summed E-state index contributed by atoms with van der Waals surface area (Å²) in [7, 11) is 1.46. The summed E-state index contributed by atoms with van der Waals surface area (Å²) >= 11 is 1.83. The smallest absolute Gasteiger partial charge is 0.418 e. The van der Waals surface area contributed by atoms with Gasteiger partial charge in [-0.2, -0.15) is 0 Å². The Hall–Kier alpha value is -3.30. The van der Waals surface area contributed by atoms with Crippen molar-refractivity contribution in [2.24, 2.45) is 0 Å². The van der Waals surface area contributed by atoms with Gasteiger partial charge in [0, 0.05) is 31.1 Å². The minimum absolute atomic E-state index is 0.233. The molecule has 4 rings (SSSR count). The number of benzene rings is 2. The number of thioether (sulfide) groups is 1. The molecule has 9 heteroatoms. The highest BCUT2D eigenvalue weighted by Crippen LogP contribution is 2.28. The number of aromatic nitrogens is 2. The highest BCUT2D eigenvalue weighted by Gasteiger charge is 2.14. The van der Waals surface area contributed by atoms with E-state index in [9.17, 15) is 4.79 Å². The highest BCUT2D eigenvalue weighted by molar-refractivity contribution is 7.98. The Bertz CT molecular complexity index is 1080. The number of ether oxygens (including phenoxy) is 2. The van der Waals surface area contributed by atoms with Crippen LogP contribution in [-0.4, -0.2) is 55.6 Å². The van der Waals surface area contributed by atoms with Crippen LogP contribution in [0.2, 0.25) is 0 Å². The van der Waals surface area contributed by atoms with Gasteiger partial charge in [-0.25, -0.2) is 14.8 Å². The van der Waals surface area contributed by atoms with E-state index in [1.54, 1.807) is 31.2 Å². The zero-order valence-electron chi connectivity index (χ0n) is 20.0. The van der Waals surface area contributed by atoms with E-state index >= 15 is 0 Å². The summed E-state index contributed by atoms with van der Waals surface area (Å²) in [6.45, 7) is 8.06. The van der Waals surface area contributed by atoms with Crippen LogP contribution in [0.4, 0.5) is 16.3 Å². The number of amides is 1. The van der Waals surface area contributed by atoms with E-state index in [1.807, 2.05) is 24.8 Å². The Labute approximate surface area is 205 Å². The van der Waals surface area contributed by atoms with Gasteiger partial charge < -0.3 is 19.7 Å². The van der Waals surface area contributed by atoms with Crippen LogP contribution in [0.1, 0.15) is 11.4 Å². The van der Waals surface area contributed by atoms with Gasteiger partial charge in [0.25, 0.3) is 5.88 Å². The van der Waals surface area contributed by atoms with Gasteiger partial charge in [0.1, 0.15) is 5.75 Å². The van der Waals surface area contributed by atoms with E-state index in [4.69, 9.17) is 9.47 Å². The van der Waals surface area contributed by atoms with Crippen molar-refractivity contribution in [3.8, 4) is 11.6 Å². The number of hydrogen-bond donors (Lipinski definition) is 2. The second-order valence-electron chi connectivity index (χ2n) is 7.49. The SMILES string of the molecule is COc1nc(C)c(C)nc1NC(=O)Oc1ccccc1.CSc1ccccc1N1CCNCC1. The van der Waals surface area contributed by atoms with E-state index in [0.717, 1.165) is 31.9 Å². The number of piperazine rings is 1. The second kappa shape index (κ2) is 12.8. The van der Waals surface area contributed by atoms with Crippen LogP contribution in [0.3, 0.4) is 0 Å². The second-order valence-corrected chi connectivity index (χ2v) is 8.34. The number of nitrogens with zero attached hydrogens (tertiary/aromatic N) is 3. The predicted octanol–water partition coefficient (Wildman–Crippen LogP) is 4.53. The van der Waals surface area contributed by atoms with Gasteiger partial charge in [0.15, 0.2) is 5.82 Å². The molecule has 34 heavy (non-hydrogen) atoms. The maximum Gasteiger partial charge on any atom is 0.418 e. The number of methoxy groups -OCH3 is 1. The van der Waals surface area contributed by atoms with Crippen LogP contribution < -0.4 is 25.0 Å². The third-order valence-corrected chi connectivity index (χ3v) is 5.97. The zero-order chi connectivity index (χ0) is 24.3. The van der Waals surface area contributed by atoms with Crippen molar-refractivity contribution in [3.63, 3.8) is 0 Å². The van der Waals surface area contributed by atoms with Gasteiger partial charge >= 0.3 is 6.09 Å². The molecule has 1 fully saturated rings. The maximum atomic E-state index is 11.8. The van der Waals surface area contributed by atoms with Gasteiger partial charge in [-0.15, -0.1) is 11.8 Å². The van der Waals surface area contributed by atoms with Crippen LogP contribution in [0.15, 0.2) is 59.5 Å². The quantitative estimate of drug-likeness (QED) is 0.514. The van der Waals surface area contributed by atoms with Crippen LogP contribution in [0.25, 0.3) is 0 Å². The summed E-state index contributed by atoms with van der Waals surface area (Å²) in [4.78, 5) is 24.1. The van der Waals surface area contributed by atoms with E-state index < -0.39 is 6.09 Å². The summed E-state index contributed by atoms with van der Waals surface area (Å²) in [5.41, 5.74) is 2.84. The number of carbonyl (C=O) groups is 1. The van der Waals surface area contributed by atoms with Crippen LogP contribution in [-0.2, 0) is 0 Å². The molecule has 0 saturated carbocycles. The minimum Gasteiger partial charge on any atom is -0.478 e. The van der Waals surface area contributed by atoms with E-state index in [-0.39, 0.29) is 11.7 Å². The van der Waals surface area contributed by atoms with Gasteiger partial charge in [0.05, 0.1) is 24.2 Å². The Morgan fingerprint density at radius 2 is 1.65 bits per heavy atom. The molecule has 1 aliphatic heterocycles. The lowest BCUT2D eigenvalue weighted by Gasteiger charge is -2.30. The van der Waals surface area contributed by atoms with Crippen molar-refractivity contribution in [1.82, 2.24) is 15.3 Å². The van der Waals surface area contributed by atoms with Crippen molar-refractivity contribution in [2.75, 3.05) is 49.8 Å². The summed E-state index contributed by atoms with van der Waals surface area (Å²) in [5.74, 6) is 0.926. The Balaban J connectivity index is 0.000000202. The van der Waals surface area contributed by atoms with E-state index in [2.05, 4.69) is 56.0 Å². The normalized spacial score (nSPS) is 12.9. The first kappa shape index (κ1) is 25.3. The van der Waals surface area contributed by atoms with Gasteiger partial charge in [-0.05, 0) is 44.4 Å². The number of carbonyl (C=O) groups excluding carboxylic acids is 1. The fourth-order valence-corrected chi connectivity index (χ4v) is 3.94. The average molecular weight is 482 g/mol. The molecule has 8 nitrogen and oxygen atoms in total. The number of nitrogens with one attached hydrogen (secondary N) is 2. The van der Waals surface area contributed by atoms with Crippen molar-refractivity contribution in [3.05, 3.63) is 66.0 Å². The summed E-state index contributed by atoms with van der Waals surface area (Å²) in [5, 5.41) is 5.89. The summed E-state index contributed by atoms with van der Waals surface area (Å²) < 4.78 is 10.2. The molecule has 0 atom stereocenters. The number of anilines is 2. The molecule has 1 amide bonds. The number of aryl methyl sites for hydroxylation is 2. The van der Waals surface area contributed by atoms with Crippen molar-refractivity contribution in [2.45, 2.75) is 18.7 Å². The molecular weight excluding hydrogens is 450 g/mol. The third-order valence-electron chi connectivity index (χ3n) is 5.19. The van der Waals surface area contributed by atoms with E-state index in [1.165, 1.54) is 17.7 Å². The van der Waals surface area contributed by atoms with Crippen molar-refractivity contribution < 1.29 is 14.3 Å². The molecule has 1 saturated heterocycles. The summed E-state index contributed by atoms with van der Waals surface area (Å²) in [6, 6.07) is 17.4. The van der Waals surface area contributed by atoms with Gasteiger partial charge in [-0.1, -0.05) is 30.3 Å². The first-order valence-corrected chi connectivity index (χ1v) is 12.3. The molecular formula is C25H31N5O3S. The monoisotopic (exact) mass is 481 g/mol. The Morgan fingerprint density at radius 3 is 2.32 bits per heavy atom. The Morgan fingerprint density at radius 1 is 1.00 bits per heavy atom. The topological polar surface area (TPSA) is 88.6 Å². The van der Waals surface area contributed by atoms with E-state index in [0.29, 0.717) is 11.4 Å². The number of hydrogen-bond acceptors (Lipinski definition) is 8. The third kappa shape index (κ3) is 7.10. The first-order chi connectivity index (χ1) is 16.5. The van der Waals surface area contributed by atoms with Gasteiger partial charge in [-0.3, -0.25) is 5.32 Å². The van der Waals surface area contributed by atoms with Crippen molar-refractivity contribution >= 4 is 29.4 Å². The molecule has 2 aromatic carbocycles. The van der Waals surface area contributed by atoms with Crippen LogP contribution in [0.5, 0.6) is 11.6 Å². The lowest BCUT2D eigenvalue weighted by atomic mass is 10.2. The fourth-order valence-electron chi connectivity index (χ4n) is 3.32. The Kier molecular flexibility index (Phi) is 9.54. The number of rotatable bonds is 5. The predicted molar refractivity (Wildman–Crippen MR) is 137 cm³/mol. The summed E-state index contributed by atoms with van der Waals surface area (Å²) in [6.07, 6.45) is 1.49. The molecule has 3 aromatic rings. The van der Waals surface area contributed by atoms with Crippen molar-refractivity contribution in [1.29, 1.82) is 0 Å². The first-order valence-electron chi connectivity index (χ1n) is 11.0. The lowest BCUT2D eigenvalue weighted by Crippen LogP contribution is -2.43. The molecule has 1 aliphatic rings. The largest absolute Gasteiger partial charge is 0.478 e. The molecule has 0 bridgehead atoms. The van der Waals surface area contributed by atoms with Crippen LogP contribution >= 0.6 is 11.8 Å². The van der Waals surface area contributed by atoms with Gasteiger partial charge in [0.2, 0.25) is 0 Å². The highest BCUT2D eigenvalue weighted by atomic mass is 32.2. The molecule has 2 N–H and O–H groups in total. The molecule has 0 radical (unpaired) electrons. The fraction of sp³-hybridized carbons (Fsp3) is 0.320. The number of para-hydroxylation sites is 2. The standard InChI is InChI=1S/C14H15N3O3.C11H16N2S/c1-9-10(2)16-13(19-3)12(15-9)17-14(18)20-11-7-5-4-6-8-11;1-14-11-5-3-2-4-10(11)13-8-6-12-7-9-13/h4-8H,1-3H3,(H,15,17,18);2-5,12H,6-9H2,1H3.